The summed E-state index contributed by atoms with van der Waals surface area (Å²) in [6.07, 6.45) is 5.53. The second-order valence-corrected chi connectivity index (χ2v) is 9.93. The summed E-state index contributed by atoms with van der Waals surface area (Å²) in [5, 5.41) is 17.4. The summed E-state index contributed by atoms with van der Waals surface area (Å²) in [6.45, 7) is 8.08. The molecule has 0 saturated heterocycles. The molecule has 4 heterocycles. The first-order chi connectivity index (χ1) is 17.2. The van der Waals surface area contributed by atoms with Gasteiger partial charge in [-0.25, -0.2) is 19.0 Å². The van der Waals surface area contributed by atoms with Crippen LogP contribution in [0.3, 0.4) is 0 Å². The zero-order valence-electron chi connectivity index (χ0n) is 20.7. The van der Waals surface area contributed by atoms with Crippen LogP contribution in [-0.4, -0.2) is 35.9 Å². The van der Waals surface area contributed by atoms with E-state index in [2.05, 4.69) is 43.9 Å². The molecular formula is C26H29FN8O. The van der Waals surface area contributed by atoms with Crippen molar-refractivity contribution in [2.45, 2.75) is 52.0 Å². The Bertz CT molecular complexity index is 1390. The molecule has 5 rings (SSSR count). The summed E-state index contributed by atoms with van der Waals surface area (Å²) in [7, 11) is 0. The van der Waals surface area contributed by atoms with Crippen LogP contribution in [0, 0.1) is 25.6 Å². The predicted molar refractivity (Wildman–Crippen MR) is 134 cm³/mol. The molecule has 3 N–H and O–H groups in total. The number of H-pyrrole nitrogens is 1. The largest absolute Gasteiger partial charge is 0.349 e. The molecule has 0 aromatic carbocycles. The first kappa shape index (κ1) is 23.7. The fourth-order valence-corrected chi connectivity index (χ4v) is 4.71. The summed E-state index contributed by atoms with van der Waals surface area (Å²) >= 11 is 0. The van der Waals surface area contributed by atoms with Gasteiger partial charge in [-0.2, -0.15) is 10.2 Å². The molecule has 4 aromatic rings. The lowest BCUT2D eigenvalue weighted by atomic mass is 9.61. The number of halogens is 1. The molecule has 36 heavy (non-hydrogen) atoms. The number of carbonyl (C=O) groups is 1. The Balaban J connectivity index is 1.20. The minimum Gasteiger partial charge on any atom is -0.349 e. The molecule has 1 amide bonds. The second-order valence-electron chi connectivity index (χ2n) is 9.93. The number of hydrogen-bond acceptors (Lipinski definition) is 6. The number of pyridine rings is 2. The Morgan fingerprint density at radius 1 is 1.19 bits per heavy atom. The summed E-state index contributed by atoms with van der Waals surface area (Å²) in [4.78, 5) is 22.1. The zero-order valence-corrected chi connectivity index (χ0v) is 20.7. The van der Waals surface area contributed by atoms with E-state index in [0.717, 1.165) is 53.2 Å². The molecule has 9 nitrogen and oxygen atoms in total. The number of nitrogens with zero attached hydrogens (tertiary/aromatic N) is 5. The van der Waals surface area contributed by atoms with Gasteiger partial charge in [0.05, 0.1) is 18.4 Å². The molecule has 4 aromatic heterocycles. The fraction of sp³-hybridized carbons (Fsp3) is 0.346. The van der Waals surface area contributed by atoms with Gasteiger partial charge >= 0.3 is 0 Å². The van der Waals surface area contributed by atoms with Gasteiger partial charge in [-0.05, 0) is 62.9 Å². The van der Waals surface area contributed by atoms with Crippen molar-refractivity contribution >= 4 is 17.5 Å². The highest BCUT2D eigenvalue weighted by molar-refractivity contribution is 5.80. The van der Waals surface area contributed by atoms with Crippen LogP contribution in [0.15, 0.2) is 48.9 Å². The molecule has 1 fully saturated rings. The lowest BCUT2D eigenvalue weighted by molar-refractivity contribution is -0.130. The Morgan fingerprint density at radius 2 is 2.00 bits per heavy atom. The number of aromatic amines is 1. The molecule has 1 aliphatic rings. The Kier molecular flexibility index (Phi) is 6.03. The van der Waals surface area contributed by atoms with Gasteiger partial charge in [0.1, 0.15) is 5.82 Å². The van der Waals surface area contributed by atoms with Crippen LogP contribution in [-0.2, 0) is 10.2 Å². The van der Waals surface area contributed by atoms with E-state index in [9.17, 15) is 9.18 Å². The van der Waals surface area contributed by atoms with E-state index in [0.29, 0.717) is 5.82 Å². The quantitative estimate of drug-likeness (QED) is 0.355. The number of nitrogens with one attached hydrogen (secondary N) is 3. The first-order valence-electron chi connectivity index (χ1n) is 11.9. The third-order valence-electron chi connectivity index (χ3n) is 6.73. The third-order valence-corrected chi connectivity index (χ3v) is 6.73. The normalized spacial score (nSPS) is 20.0. The summed E-state index contributed by atoms with van der Waals surface area (Å²) in [5.41, 5.74) is 3.75. The van der Waals surface area contributed by atoms with Crippen molar-refractivity contribution in [1.29, 1.82) is 0 Å². The molecule has 1 saturated carbocycles. The molecule has 0 radical (unpaired) electrons. The molecule has 1 aliphatic carbocycles. The van der Waals surface area contributed by atoms with Crippen molar-refractivity contribution < 1.29 is 9.18 Å². The van der Waals surface area contributed by atoms with Crippen molar-refractivity contribution in [3.63, 3.8) is 0 Å². The van der Waals surface area contributed by atoms with E-state index in [-0.39, 0.29) is 23.3 Å². The first-order valence-corrected chi connectivity index (χ1v) is 11.9. The van der Waals surface area contributed by atoms with Gasteiger partial charge in [-0.1, -0.05) is 13.0 Å². The van der Waals surface area contributed by atoms with Crippen molar-refractivity contribution in [1.82, 2.24) is 35.3 Å². The fourth-order valence-electron chi connectivity index (χ4n) is 4.71. The van der Waals surface area contributed by atoms with Gasteiger partial charge in [0.2, 0.25) is 5.91 Å². The van der Waals surface area contributed by atoms with Gasteiger partial charge < -0.3 is 10.6 Å². The highest BCUT2D eigenvalue weighted by Gasteiger charge is 2.46. The van der Waals surface area contributed by atoms with Gasteiger partial charge in [0.25, 0.3) is 0 Å². The number of carbonyl (C=O) groups excluding carboxylic acids is 1. The second kappa shape index (κ2) is 9.18. The number of rotatable bonds is 7. The van der Waals surface area contributed by atoms with E-state index in [1.165, 1.54) is 10.9 Å². The topological polar surface area (TPSA) is 113 Å². The maximum absolute atomic E-state index is 13.2. The standard InChI is InChI=1S/C26H29FN8O/c1-15-7-21(31-22(8-15)32-23-9-16(2)33-34-23)26(4)10-19(11-26)25(36)30-17(3)18-5-6-24(28-12-18)35-14-20(27)13-29-35/h5-9,12-14,17,19H,10-11H2,1-4H3,(H,30,36)(H2,31,32,33,34)/t17-,19-,26-/m0/s1. The number of hydrogen-bond donors (Lipinski definition) is 3. The molecule has 0 bridgehead atoms. The lowest BCUT2D eigenvalue weighted by Gasteiger charge is -2.44. The van der Waals surface area contributed by atoms with E-state index < -0.39 is 5.82 Å². The number of aryl methyl sites for hydroxylation is 2. The van der Waals surface area contributed by atoms with Gasteiger partial charge in [0, 0.05) is 35.0 Å². The Hall–Kier alpha value is -4.08. The lowest BCUT2D eigenvalue weighted by Crippen LogP contribution is -2.47. The minimum absolute atomic E-state index is 0.0243. The van der Waals surface area contributed by atoms with Crippen LogP contribution in [0.25, 0.3) is 5.82 Å². The molecule has 1 atom stereocenters. The van der Waals surface area contributed by atoms with Crippen LogP contribution >= 0.6 is 0 Å². The highest BCUT2D eigenvalue weighted by Crippen LogP contribution is 2.47. The Labute approximate surface area is 208 Å². The minimum atomic E-state index is -0.421. The maximum Gasteiger partial charge on any atom is 0.223 e. The zero-order chi connectivity index (χ0) is 25.4. The van der Waals surface area contributed by atoms with E-state index in [4.69, 9.17) is 4.98 Å². The number of aromatic nitrogens is 6. The van der Waals surface area contributed by atoms with Gasteiger partial charge in [-0.3, -0.25) is 9.89 Å². The monoisotopic (exact) mass is 488 g/mol. The maximum atomic E-state index is 13.2. The van der Waals surface area contributed by atoms with Crippen LogP contribution in [0.4, 0.5) is 16.0 Å². The average molecular weight is 489 g/mol. The third kappa shape index (κ3) is 4.84. The summed E-state index contributed by atoms with van der Waals surface area (Å²) in [5.74, 6) is 1.50. The van der Waals surface area contributed by atoms with Crippen molar-refractivity contribution in [2.24, 2.45) is 5.92 Å². The molecule has 0 aliphatic heterocycles. The molecule has 186 valence electrons. The molecule has 0 spiro atoms. The van der Waals surface area contributed by atoms with Crippen LogP contribution in [0.2, 0.25) is 0 Å². The highest BCUT2D eigenvalue weighted by atomic mass is 19.1. The van der Waals surface area contributed by atoms with Crippen molar-refractivity contribution in [3.8, 4) is 5.82 Å². The summed E-state index contributed by atoms with van der Waals surface area (Å²) in [6, 6.07) is 9.43. The summed E-state index contributed by atoms with van der Waals surface area (Å²) < 4.78 is 14.6. The smallest absolute Gasteiger partial charge is 0.223 e. The van der Waals surface area contributed by atoms with E-state index in [1.54, 1.807) is 12.3 Å². The van der Waals surface area contributed by atoms with Crippen molar-refractivity contribution in [3.05, 3.63) is 77.3 Å². The van der Waals surface area contributed by atoms with Gasteiger partial charge in [-0.15, -0.1) is 0 Å². The van der Waals surface area contributed by atoms with Crippen LogP contribution in [0.5, 0.6) is 0 Å². The Morgan fingerprint density at radius 3 is 2.64 bits per heavy atom. The van der Waals surface area contributed by atoms with Gasteiger partial charge in [0.15, 0.2) is 17.5 Å². The number of amides is 1. The average Bonchev–Trinajstić information content (AvgIpc) is 3.44. The van der Waals surface area contributed by atoms with Crippen molar-refractivity contribution in [2.75, 3.05) is 5.32 Å². The van der Waals surface area contributed by atoms with Crippen LogP contribution in [0.1, 0.15) is 55.2 Å². The van der Waals surface area contributed by atoms with E-state index in [1.807, 2.05) is 39.0 Å². The van der Waals surface area contributed by atoms with Crippen LogP contribution < -0.4 is 10.6 Å². The molecule has 0 unspecified atom stereocenters. The number of anilines is 2. The predicted octanol–water partition coefficient (Wildman–Crippen LogP) is 4.43. The van der Waals surface area contributed by atoms with E-state index >= 15 is 0 Å². The molecule has 10 heteroatoms. The SMILES string of the molecule is Cc1cc(Nc2cc(C)[nH]n2)nc([C@]2(C)C[C@@H](C(=O)N[C@@H](C)c3ccc(-n4cc(F)cn4)nc3)C2)c1. The molecular weight excluding hydrogens is 459 g/mol.